The molecule has 1 spiro atoms. The van der Waals surface area contributed by atoms with E-state index in [9.17, 15) is 38.4 Å². The van der Waals surface area contributed by atoms with Crippen LogP contribution in [0, 0.1) is 23.2 Å². The van der Waals surface area contributed by atoms with Crippen molar-refractivity contribution < 1.29 is 47.8 Å². The van der Waals surface area contributed by atoms with Gasteiger partial charge in [-0.2, -0.15) is 0 Å². The molecule has 4 rings (SSSR count). The number of unbranched alkanes of at least 4 members (excludes halogenated alkanes) is 2. The molecule has 0 aromatic heterocycles. The van der Waals surface area contributed by atoms with E-state index in [0.717, 1.165) is 43.3 Å². The zero-order valence-corrected chi connectivity index (χ0v) is 46.4. The van der Waals surface area contributed by atoms with E-state index >= 15 is 0 Å². The molecule has 1 aromatic carbocycles. The van der Waals surface area contributed by atoms with E-state index in [4.69, 9.17) is 9.47 Å². The Balaban J connectivity index is 1.31. The number of nitrogens with zero attached hydrogens (tertiary/aromatic N) is 4. The van der Waals surface area contributed by atoms with Gasteiger partial charge < -0.3 is 39.6 Å². The van der Waals surface area contributed by atoms with E-state index in [1.54, 1.807) is 44.8 Å². The molecule has 402 valence electrons. The van der Waals surface area contributed by atoms with Gasteiger partial charge in [0.05, 0.1) is 54.5 Å². The topological polar surface area (TPSA) is 192 Å². The second-order valence-corrected chi connectivity index (χ2v) is 23.7. The minimum Gasteiger partial charge on any atom is -0.379 e. The van der Waals surface area contributed by atoms with Crippen molar-refractivity contribution in [2.75, 3.05) is 53.7 Å². The number of thioether (sulfide) groups is 1. The fourth-order valence-corrected chi connectivity index (χ4v) is 11.7. The molecule has 2 heterocycles. The molecule has 1 aliphatic carbocycles. The molecule has 3 unspecified atom stereocenters. The number of likely N-dealkylation sites (tertiary alicyclic amines) is 2. The second-order valence-electron chi connectivity index (χ2n) is 22.4. The predicted molar refractivity (Wildman–Crippen MR) is 284 cm³/mol. The average molecular weight is 1020 g/mol. The highest BCUT2D eigenvalue weighted by Crippen LogP contribution is 2.56. The van der Waals surface area contributed by atoms with Crippen molar-refractivity contribution in [2.24, 2.45) is 23.2 Å². The van der Waals surface area contributed by atoms with Crippen LogP contribution in [-0.4, -0.2) is 170 Å². The van der Waals surface area contributed by atoms with Crippen LogP contribution in [0.5, 0.6) is 0 Å². The molecule has 3 aliphatic rings. The molecule has 1 aromatic rings. The number of nitrogens with one attached hydrogen (secondary N) is 2. The lowest BCUT2D eigenvalue weighted by Crippen LogP contribution is -2.56. The molecule has 18 heteroatoms. The fraction of sp³-hybridized carbons (Fsp3) is 0.741. The molecule has 7 amide bonds. The highest BCUT2D eigenvalue weighted by Gasteiger charge is 2.56. The summed E-state index contributed by atoms with van der Waals surface area (Å²) >= 11 is 1.57. The SMILES string of the molecule is BC(C)(C)CCCSC1CC(=O)N(CCCCCC(=O)N(C)[C@H](C(=O)NCC(=O)N(C)[C@H](C(CC(=O)N2CC3(CC3)C[C@H]2C(OC)[C@@H](C)C(=O)N[C@H](C=O)Cc2ccccc2)OC)[C@@H](C)CC)C(C)C)C1=O. The molecule has 0 bridgehead atoms. The molecule has 0 radical (unpaired) electrons. The number of benzene rings is 1. The zero-order chi connectivity index (χ0) is 53.5. The first-order valence-electron chi connectivity index (χ1n) is 26.4. The Kier molecular flexibility index (Phi) is 23.3. The highest BCUT2D eigenvalue weighted by atomic mass is 32.2. The number of likely N-dealkylation sites (N-methyl/N-ethyl adjacent to an activating group) is 2. The third-order valence-corrected chi connectivity index (χ3v) is 16.6. The second kappa shape index (κ2) is 27.8. The Morgan fingerprint density at radius 3 is 2.21 bits per heavy atom. The maximum absolute atomic E-state index is 14.5. The Hall–Kier alpha value is -4.29. The van der Waals surface area contributed by atoms with Gasteiger partial charge in [-0.3, -0.25) is 38.5 Å². The van der Waals surface area contributed by atoms with Crippen molar-refractivity contribution in [1.29, 1.82) is 0 Å². The maximum atomic E-state index is 14.5. The molecule has 2 aliphatic heterocycles. The average Bonchev–Trinajstić information content (AvgIpc) is 3.92. The first-order chi connectivity index (χ1) is 34.0. The van der Waals surface area contributed by atoms with Crippen molar-refractivity contribution in [3.8, 4) is 0 Å². The number of carbonyl (C=O) groups is 8. The first-order valence-corrected chi connectivity index (χ1v) is 27.5. The molecule has 2 N–H and O–H groups in total. The van der Waals surface area contributed by atoms with Crippen LogP contribution in [0.3, 0.4) is 0 Å². The summed E-state index contributed by atoms with van der Waals surface area (Å²) in [7, 11) is 8.52. The Morgan fingerprint density at radius 1 is 0.944 bits per heavy atom. The summed E-state index contributed by atoms with van der Waals surface area (Å²) in [5.74, 6) is -2.00. The lowest BCUT2D eigenvalue weighted by molar-refractivity contribution is -0.146. The standard InChI is InChI=1S/C54H87BN6O10S/c1-12-36(4)48(41(70-10)29-44(64)61-34-54(24-25-54)31-40(61)49(71-11)37(5)50(67)57-39(33-62)28-38-20-15-13-16-21-38)59(9)46(66)32-56-51(68)47(35(2)3)58(8)43(63)22-17-14-18-26-60-45(65)30-42(52(60)69)72-27-19-23-53(6,7)55/h13,15-16,20-21,33,35-37,39-42,47-49H,12,14,17-19,22-32,34,55H2,1-11H3,(H,56,68)(H,57,67)/t36-,37+,39-,40-,41?,42?,47-,48-,49?/m0/s1. The summed E-state index contributed by atoms with van der Waals surface area (Å²) in [5.41, 5.74) is 0.876. The van der Waals surface area contributed by atoms with Crippen LogP contribution in [0.25, 0.3) is 0 Å². The number of amides is 7. The van der Waals surface area contributed by atoms with Crippen molar-refractivity contribution in [3.05, 3.63) is 35.9 Å². The number of ether oxygens (including phenoxy) is 2. The summed E-state index contributed by atoms with van der Waals surface area (Å²) in [6, 6.07) is 6.98. The van der Waals surface area contributed by atoms with E-state index in [0.29, 0.717) is 51.6 Å². The number of aldehydes is 1. The van der Waals surface area contributed by atoms with Crippen molar-refractivity contribution in [1.82, 2.24) is 30.2 Å². The number of rotatable bonds is 31. The highest BCUT2D eigenvalue weighted by molar-refractivity contribution is 8.00. The van der Waals surface area contributed by atoms with E-state index in [1.165, 1.54) is 16.9 Å². The third-order valence-electron chi connectivity index (χ3n) is 15.3. The van der Waals surface area contributed by atoms with Crippen LogP contribution in [0.1, 0.15) is 131 Å². The summed E-state index contributed by atoms with van der Waals surface area (Å²) in [6.45, 7) is 14.4. The Bertz CT molecular complexity index is 2000. The van der Waals surface area contributed by atoms with Gasteiger partial charge in [-0.1, -0.05) is 103 Å². The molecular formula is C54H87BN6O10S. The van der Waals surface area contributed by atoms with Gasteiger partial charge >= 0.3 is 0 Å². The summed E-state index contributed by atoms with van der Waals surface area (Å²) < 4.78 is 12.1. The van der Waals surface area contributed by atoms with Gasteiger partial charge in [-0.05, 0) is 73.5 Å². The number of hydrogen-bond donors (Lipinski definition) is 2. The van der Waals surface area contributed by atoms with Gasteiger partial charge in [-0.15, -0.1) is 11.8 Å². The van der Waals surface area contributed by atoms with Crippen molar-refractivity contribution >= 4 is 67.2 Å². The van der Waals surface area contributed by atoms with E-state index in [-0.39, 0.29) is 89.1 Å². The van der Waals surface area contributed by atoms with Crippen LogP contribution >= 0.6 is 11.8 Å². The van der Waals surface area contributed by atoms with Crippen LogP contribution in [0.15, 0.2) is 30.3 Å². The minimum absolute atomic E-state index is 0.0299. The maximum Gasteiger partial charge on any atom is 0.243 e. The molecule has 16 nitrogen and oxygen atoms in total. The summed E-state index contributed by atoms with van der Waals surface area (Å²) in [5, 5.41) is 5.58. The van der Waals surface area contributed by atoms with Gasteiger partial charge in [-0.25, -0.2) is 0 Å². The molecule has 72 heavy (non-hydrogen) atoms. The lowest BCUT2D eigenvalue weighted by Gasteiger charge is -2.39. The van der Waals surface area contributed by atoms with E-state index in [2.05, 4.69) is 32.3 Å². The molecule has 9 atom stereocenters. The molecule has 2 saturated heterocycles. The Labute approximate surface area is 435 Å². The monoisotopic (exact) mass is 1020 g/mol. The Morgan fingerprint density at radius 2 is 1.62 bits per heavy atom. The van der Waals surface area contributed by atoms with E-state index in [1.807, 2.05) is 62.9 Å². The van der Waals surface area contributed by atoms with Crippen LogP contribution < -0.4 is 10.6 Å². The summed E-state index contributed by atoms with van der Waals surface area (Å²) in [6.07, 6.45) is 7.24. The predicted octanol–water partition coefficient (Wildman–Crippen LogP) is 4.86. The number of methoxy groups -OCH3 is 2. The van der Waals surface area contributed by atoms with Crippen LogP contribution in [-0.2, 0) is 54.3 Å². The smallest absolute Gasteiger partial charge is 0.243 e. The van der Waals surface area contributed by atoms with Crippen molar-refractivity contribution in [2.45, 2.75) is 179 Å². The van der Waals surface area contributed by atoms with Crippen molar-refractivity contribution in [3.63, 3.8) is 0 Å². The van der Waals surface area contributed by atoms with Crippen LogP contribution in [0.2, 0.25) is 5.31 Å². The normalized spacial score (nSPS) is 20.4. The first kappa shape index (κ1) is 60.3. The van der Waals surface area contributed by atoms with E-state index < -0.39 is 48.2 Å². The largest absolute Gasteiger partial charge is 0.379 e. The van der Waals surface area contributed by atoms with Gasteiger partial charge in [0.25, 0.3) is 0 Å². The van der Waals surface area contributed by atoms with Gasteiger partial charge in [0.2, 0.25) is 41.4 Å². The number of carbonyl (C=O) groups excluding carboxylic acids is 8. The van der Waals surface area contributed by atoms with Gasteiger partial charge in [0, 0.05) is 54.2 Å². The third kappa shape index (κ3) is 16.9. The fourth-order valence-electron chi connectivity index (χ4n) is 10.6. The van der Waals surface area contributed by atoms with Crippen LogP contribution in [0.4, 0.5) is 0 Å². The minimum atomic E-state index is -0.836. The van der Waals surface area contributed by atoms with Gasteiger partial charge in [0.1, 0.15) is 20.2 Å². The lowest BCUT2D eigenvalue weighted by atomic mass is 9.70. The zero-order valence-electron chi connectivity index (χ0n) is 45.5. The number of imide groups is 1. The van der Waals surface area contributed by atoms with Gasteiger partial charge in [0.15, 0.2) is 0 Å². The number of hydrogen-bond acceptors (Lipinski definition) is 11. The molecular weight excluding hydrogens is 936 g/mol. The summed E-state index contributed by atoms with van der Waals surface area (Å²) in [4.78, 5) is 113. The quantitative estimate of drug-likeness (QED) is 0.0447. The molecule has 3 fully saturated rings. The molecule has 1 saturated carbocycles.